The lowest BCUT2D eigenvalue weighted by Crippen LogP contribution is -2.38. The molecule has 5 heteroatoms. The van der Waals surface area contributed by atoms with E-state index >= 15 is 0 Å². The minimum atomic E-state index is 0.504. The van der Waals surface area contributed by atoms with Crippen LogP contribution in [0, 0.1) is 12.8 Å². The molecule has 0 aliphatic rings. The number of aromatic nitrogens is 1. The van der Waals surface area contributed by atoms with Crippen LogP contribution < -0.4 is 10.6 Å². The fraction of sp³-hybridized carbons (Fsp3) is 0.412. The molecule has 0 aliphatic carbocycles. The third-order valence-corrected chi connectivity index (χ3v) is 3.20. The van der Waals surface area contributed by atoms with Crippen molar-refractivity contribution < 1.29 is 4.42 Å². The van der Waals surface area contributed by atoms with Gasteiger partial charge in [0.05, 0.1) is 12.7 Å². The minimum Gasteiger partial charge on any atom is -0.439 e. The Balaban J connectivity index is 1.93. The summed E-state index contributed by atoms with van der Waals surface area (Å²) in [4.78, 5) is 8.48. The molecule has 1 heterocycles. The third kappa shape index (κ3) is 4.62. The van der Waals surface area contributed by atoms with Crippen LogP contribution in [0.5, 0.6) is 0 Å². The van der Waals surface area contributed by atoms with Crippen LogP contribution in [0.25, 0.3) is 11.3 Å². The number of aryl methyl sites for hydroxylation is 1. The van der Waals surface area contributed by atoms with E-state index in [1.165, 1.54) is 5.56 Å². The molecule has 0 radical (unpaired) electrons. The number of guanidine groups is 1. The van der Waals surface area contributed by atoms with Crippen molar-refractivity contribution in [2.45, 2.75) is 27.3 Å². The maximum atomic E-state index is 5.77. The zero-order valence-corrected chi connectivity index (χ0v) is 13.7. The second kappa shape index (κ2) is 7.64. The third-order valence-electron chi connectivity index (χ3n) is 3.20. The molecule has 0 aliphatic heterocycles. The van der Waals surface area contributed by atoms with Crippen molar-refractivity contribution in [3.63, 3.8) is 0 Å². The number of oxazole rings is 1. The lowest BCUT2D eigenvalue weighted by atomic mass is 10.1. The molecule has 2 aromatic rings. The van der Waals surface area contributed by atoms with Gasteiger partial charge in [0.2, 0.25) is 5.89 Å². The summed E-state index contributed by atoms with van der Waals surface area (Å²) in [5.74, 6) is 2.74. The van der Waals surface area contributed by atoms with Gasteiger partial charge in [0.15, 0.2) is 11.7 Å². The molecule has 0 spiro atoms. The first kappa shape index (κ1) is 16.1. The second-order valence-electron chi connectivity index (χ2n) is 5.68. The zero-order valence-electron chi connectivity index (χ0n) is 13.7. The van der Waals surface area contributed by atoms with Crippen LogP contribution >= 0.6 is 0 Å². The van der Waals surface area contributed by atoms with E-state index in [0.29, 0.717) is 18.4 Å². The fourth-order valence-electron chi connectivity index (χ4n) is 1.92. The Labute approximate surface area is 131 Å². The summed E-state index contributed by atoms with van der Waals surface area (Å²) in [6.07, 6.45) is 1.76. The smallest absolute Gasteiger partial charge is 0.214 e. The van der Waals surface area contributed by atoms with Crippen LogP contribution in [0.15, 0.2) is 39.9 Å². The molecule has 0 atom stereocenters. The van der Waals surface area contributed by atoms with Crippen LogP contribution in [-0.2, 0) is 6.54 Å². The summed E-state index contributed by atoms with van der Waals surface area (Å²) < 4.78 is 5.77. The molecule has 0 bridgehead atoms. The number of nitrogens with one attached hydrogen (secondary N) is 2. The lowest BCUT2D eigenvalue weighted by molar-refractivity contribution is 0.496. The number of rotatable bonds is 5. The van der Waals surface area contributed by atoms with Crippen LogP contribution in [0.1, 0.15) is 25.3 Å². The lowest BCUT2D eigenvalue weighted by Gasteiger charge is -2.12. The van der Waals surface area contributed by atoms with Gasteiger partial charge >= 0.3 is 0 Å². The monoisotopic (exact) mass is 300 g/mol. The van der Waals surface area contributed by atoms with Gasteiger partial charge in [0, 0.05) is 19.2 Å². The highest BCUT2D eigenvalue weighted by atomic mass is 16.4. The molecule has 0 unspecified atom stereocenters. The predicted molar refractivity (Wildman–Crippen MR) is 89.7 cm³/mol. The molecule has 1 aromatic carbocycles. The number of hydrogen-bond acceptors (Lipinski definition) is 3. The zero-order chi connectivity index (χ0) is 15.9. The maximum absolute atomic E-state index is 5.77. The topological polar surface area (TPSA) is 62.5 Å². The van der Waals surface area contributed by atoms with Crippen LogP contribution in [0.2, 0.25) is 0 Å². The van der Waals surface area contributed by atoms with Gasteiger partial charge in [0.1, 0.15) is 0 Å². The Morgan fingerprint density at radius 3 is 2.59 bits per heavy atom. The summed E-state index contributed by atoms with van der Waals surface area (Å²) in [5.41, 5.74) is 2.26. The van der Waals surface area contributed by atoms with Crippen molar-refractivity contribution in [3.05, 3.63) is 41.9 Å². The fourth-order valence-corrected chi connectivity index (χ4v) is 1.92. The van der Waals surface area contributed by atoms with Crippen molar-refractivity contribution in [1.29, 1.82) is 0 Å². The first-order chi connectivity index (χ1) is 10.6. The first-order valence-corrected chi connectivity index (χ1v) is 7.54. The molecule has 5 nitrogen and oxygen atoms in total. The van der Waals surface area contributed by atoms with E-state index in [1.54, 1.807) is 13.2 Å². The number of aliphatic imine (C=N–C) groups is 1. The van der Waals surface area contributed by atoms with E-state index in [0.717, 1.165) is 23.8 Å². The van der Waals surface area contributed by atoms with E-state index in [1.807, 2.05) is 12.1 Å². The molecular formula is C17H24N4O. The molecule has 118 valence electrons. The molecular weight excluding hydrogens is 276 g/mol. The average Bonchev–Trinajstić information content (AvgIpc) is 2.97. The SMILES string of the molecule is CN=C(NCc1ncc(-c2ccc(C)cc2)o1)NCC(C)C. The summed E-state index contributed by atoms with van der Waals surface area (Å²) in [6.45, 7) is 7.75. The minimum absolute atomic E-state index is 0.504. The normalized spacial score (nSPS) is 11.8. The van der Waals surface area contributed by atoms with Crippen molar-refractivity contribution in [3.8, 4) is 11.3 Å². The summed E-state index contributed by atoms with van der Waals surface area (Å²) in [6, 6.07) is 8.20. The number of hydrogen-bond donors (Lipinski definition) is 2. The molecule has 0 saturated heterocycles. The van der Waals surface area contributed by atoms with Crippen LogP contribution in [0.4, 0.5) is 0 Å². The van der Waals surface area contributed by atoms with Crippen molar-refractivity contribution in [2.75, 3.05) is 13.6 Å². The summed E-state index contributed by atoms with van der Waals surface area (Å²) >= 11 is 0. The van der Waals surface area contributed by atoms with Gasteiger partial charge in [-0.1, -0.05) is 43.7 Å². The standard InChI is InChI=1S/C17H24N4O/c1-12(2)9-20-17(18-4)21-11-16-19-10-15(22-16)14-7-5-13(3)6-8-14/h5-8,10,12H,9,11H2,1-4H3,(H2,18,20,21). The van der Waals surface area contributed by atoms with E-state index in [9.17, 15) is 0 Å². The van der Waals surface area contributed by atoms with E-state index in [4.69, 9.17) is 4.42 Å². The number of benzene rings is 1. The van der Waals surface area contributed by atoms with Gasteiger partial charge in [-0.25, -0.2) is 4.98 Å². The van der Waals surface area contributed by atoms with Gasteiger partial charge in [-0.05, 0) is 12.8 Å². The van der Waals surface area contributed by atoms with Gasteiger partial charge in [-0.2, -0.15) is 0 Å². The Hall–Kier alpha value is -2.30. The molecule has 0 amide bonds. The summed E-state index contributed by atoms with van der Waals surface area (Å²) in [5, 5.41) is 6.45. The van der Waals surface area contributed by atoms with E-state index in [2.05, 4.69) is 53.5 Å². The summed E-state index contributed by atoms with van der Waals surface area (Å²) in [7, 11) is 1.75. The molecule has 1 aromatic heterocycles. The largest absolute Gasteiger partial charge is 0.439 e. The quantitative estimate of drug-likeness (QED) is 0.658. The highest BCUT2D eigenvalue weighted by Crippen LogP contribution is 2.20. The maximum Gasteiger partial charge on any atom is 0.214 e. The molecule has 2 N–H and O–H groups in total. The average molecular weight is 300 g/mol. The Kier molecular flexibility index (Phi) is 5.58. The van der Waals surface area contributed by atoms with Crippen LogP contribution in [-0.4, -0.2) is 24.5 Å². The number of nitrogens with zero attached hydrogens (tertiary/aromatic N) is 2. The Morgan fingerprint density at radius 1 is 1.23 bits per heavy atom. The van der Waals surface area contributed by atoms with Gasteiger partial charge in [-0.3, -0.25) is 4.99 Å². The van der Waals surface area contributed by atoms with Gasteiger partial charge < -0.3 is 15.1 Å². The molecule has 2 rings (SSSR count). The molecule has 22 heavy (non-hydrogen) atoms. The van der Waals surface area contributed by atoms with E-state index in [-0.39, 0.29) is 0 Å². The molecule has 0 saturated carbocycles. The van der Waals surface area contributed by atoms with Crippen molar-refractivity contribution in [2.24, 2.45) is 10.9 Å². The van der Waals surface area contributed by atoms with E-state index < -0.39 is 0 Å². The second-order valence-corrected chi connectivity index (χ2v) is 5.68. The van der Waals surface area contributed by atoms with Gasteiger partial charge in [-0.15, -0.1) is 0 Å². The molecule has 0 fully saturated rings. The highest BCUT2D eigenvalue weighted by Gasteiger charge is 2.07. The van der Waals surface area contributed by atoms with Crippen molar-refractivity contribution in [1.82, 2.24) is 15.6 Å². The van der Waals surface area contributed by atoms with Gasteiger partial charge in [0.25, 0.3) is 0 Å². The van der Waals surface area contributed by atoms with Crippen molar-refractivity contribution >= 4 is 5.96 Å². The van der Waals surface area contributed by atoms with Crippen LogP contribution in [0.3, 0.4) is 0 Å². The predicted octanol–water partition coefficient (Wildman–Crippen LogP) is 2.97. The Bertz CT molecular complexity index is 614. The first-order valence-electron chi connectivity index (χ1n) is 7.54. The Morgan fingerprint density at radius 2 is 1.95 bits per heavy atom. The highest BCUT2D eigenvalue weighted by molar-refractivity contribution is 5.79.